The van der Waals surface area contributed by atoms with Crippen LogP contribution in [0.5, 0.6) is 0 Å². The first kappa shape index (κ1) is 25.7. The molecule has 1 aliphatic heterocycles. The van der Waals surface area contributed by atoms with E-state index in [1.807, 2.05) is 6.66 Å². The van der Waals surface area contributed by atoms with Crippen molar-refractivity contribution in [1.29, 1.82) is 0 Å². The summed E-state index contributed by atoms with van der Waals surface area (Å²) in [6, 6.07) is 1.22. The number of likely N-dealkylation sites (tertiary alicyclic amines) is 1. The highest BCUT2D eigenvalue weighted by Gasteiger charge is 2.63. The van der Waals surface area contributed by atoms with Crippen LogP contribution >= 0.6 is 8.30 Å². The summed E-state index contributed by atoms with van der Waals surface area (Å²) in [6.45, 7) is 14.8. The average Bonchev–Trinajstić information content (AvgIpc) is 2.92. The minimum Gasteiger partial charge on any atom is -0.359 e. The van der Waals surface area contributed by atoms with Gasteiger partial charge in [-0.15, -0.1) is 6.58 Å². The second-order valence-electron chi connectivity index (χ2n) is 12.1. The zero-order chi connectivity index (χ0) is 21.7. The predicted octanol–water partition coefficient (Wildman–Crippen LogP) is 6.82. The highest BCUT2D eigenvalue weighted by molar-refractivity contribution is 7.48. The third kappa shape index (κ3) is 4.55. The fourth-order valence-corrected chi connectivity index (χ4v) is 9.63. The van der Waals surface area contributed by atoms with E-state index in [0.717, 1.165) is 23.7 Å². The lowest BCUT2D eigenvalue weighted by Gasteiger charge is -2.62. The lowest BCUT2D eigenvalue weighted by molar-refractivity contribution is -0.115. The monoisotopic (exact) mass is 450 g/mol. The van der Waals surface area contributed by atoms with Crippen LogP contribution in [0.1, 0.15) is 92.4 Å². The van der Waals surface area contributed by atoms with Crippen molar-refractivity contribution in [2.75, 3.05) is 20.3 Å². The normalized spacial score (nSPS) is 45.7. The van der Waals surface area contributed by atoms with E-state index in [1.54, 1.807) is 0 Å². The van der Waals surface area contributed by atoms with Gasteiger partial charge in [-0.25, -0.2) is 0 Å². The van der Waals surface area contributed by atoms with Crippen LogP contribution in [0.4, 0.5) is 0 Å². The lowest BCUT2D eigenvalue weighted by atomic mass is 9.44. The van der Waals surface area contributed by atoms with Crippen LogP contribution in [-0.2, 0) is 0 Å². The van der Waals surface area contributed by atoms with Gasteiger partial charge in [-0.2, -0.15) is 0 Å². The van der Waals surface area contributed by atoms with E-state index in [9.17, 15) is 4.89 Å². The molecule has 2 N–H and O–H groups in total. The second kappa shape index (κ2) is 9.73. The van der Waals surface area contributed by atoms with Crippen molar-refractivity contribution < 1.29 is 4.89 Å². The molecule has 4 heteroatoms. The quantitative estimate of drug-likeness (QED) is 0.344. The maximum absolute atomic E-state index is 10.4. The van der Waals surface area contributed by atoms with Crippen LogP contribution in [0.15, 0.2) is 12.2 Å². The van der Waals surface area contributed by atoms with E-state index in [2.05, 4.69) is 44.4 Å². The Kier molecular flexibility index (Phi) is 8.06. The fourth-order valence-electron chi connectivity index (χ4n) is 8.88. The standard InChI is InChI=1S/C26H47N2OP.CH4/c1-18(2)10-9-12-23-26(4)15-13-20-24(21(26)17-28(23)5)22(27-30(6)29)16-19-11-7-8-14-25(19,20)3;/h19-24,27,29H,1,7-17H2,2-6H3;1H4. The molecule has 0 aromatic heterocycles. The molecule has 1 saturated heterocycles. The van der Waals surface area contributed by atoms with Crippen LogP contribution in [0.2, 0.25) is 0 Å². The first-order chi connectivity index (χ1) is 14.2. The molecule has 3 saturated carbocycles. The summed E-state index contributed by atoms with van der Waals surface area (Å²) in [5.41, 5.74) is 2.29. The minimum absolute atomic E-state index is 0. The van der Waals surface area contributed by atoms with E-state index in [1.165, 1.54) is 76.3 Å². The fraction of sp³-hybridized carbons (Fsp3) is 0.926. The van der Waals surface area contributed by atoms with E-state index in [-0.39, 0.29) is 7.43 Å². The van der Waals surface area contributed by atoms with Gasteiger partial charge in [0.25, 0.3) is 0 Å². The molecule has 9 unspecified atom stereocenters. The number of hydrogen-bond acceptors (Lipinski definition) is 3. The third-order valence-corrected chi connectivity index (χ3v) is 11.0. The Hall–Kier alpha value is 0.0500. The first-order valence-electron chi connectivity index (χ1n) is 12.7. The van der Waals surface area contributed by atoms with Gasteiger partial charge in [-0.1, -0.05) is 39.7 Å². The summed E-state index contributed by atoms with van der Waals surface area (Å²) in [5, 5.41) is 3.74. The van der Waals surface area contributed by atoms with E-state index >= 15 is 0 Å². The molecule has 3 aliphatic carbocycles. The van der Waals surface area contributed by atoms with Gasteiger partial charge in [0, 0.05) is 18.6 Å². The van der Waals surface area contributed by atoms with Gasteiger partial charge in [-0.05, 0) is 107 Å². The molecule has 0 aromatic carbocycles. The smallest absolute Gasteiger partial charge is 0.0947 e. The van der Waals surface area contributed by atoms with Crippen molar-refractivity contribution in [1.82, 2.24) is 9.99 Å². The molecule has 0 spiro atoms. The molecule has 4 fully saturated rings. The van der Waals surface area contributed by atoms with Crippen molar-refractivity contribution in [2.24, 2.45) is 34.5 Å². The Morgan fingerprint density at radius 3 is 2.58 bits per heavy atom. The molecule has 0 bridgehead atoms. The molecule has 180 valence electrons. The zero-order valence-corrected chi connectivity index (χ0v) is 21.2. The van der Waals surface area contributed by atoms with Crippen molar-refractivity contribution in [3.63, 3.8) is 0 Å². The summed E-state index contributed by atoms with van der Waals surface area (Å²) in [4.78, 5) is 13.1. The SMILES string of the molecule is C.C=C(C)CCCC1N(C)CC2C3C(NP(C)O)CC4CCCCC4(C)C3CCC21C. The van der Waals surface area contributed by atoms with Crippen LogP contribution in [0, 0.1) is 34.5 Å². The summed E-state index contributed by atoms with van der Waals surface area (Å²) in [6.07, 6.45) is 13.6. The molecule has 0 radical (unpaired) electrons. The Morgan fingerprint density at radius 2 is 1.90 bits per heavy atom. The first-order valence-corrected chi connectivity index (χ1v) is 14.4. The van der Waals surface area contributed by atoms with Crippen LogP contribution in [-0.4, -0.2) is 42.1 Å². The van der Waals surface area contributed by atoms with Crippen molar-refractivity contribution in [3.05, 3.63) is 12.2 Å². The molecule has 0 aromatic rings. The largest absolute Gasteiger partial charge is 0.359 e. The van der Waals surface area contributed by atoms with Gasteiger partial charge < -0.3 is 9.79 Å². The van der Waals surface area contributed by atoms with Gasteiger partial charge in [0.2, 0.25) is 0 Å². The summed E-state index contributed by atoms with van der Waals surface area (Å²) in [5.74, 6) is 3.19. The number of fused-ring (bicyclic) bond motifs is 5. The number of hydrogen-bond donors (Lipinski definition) is 2. The molecular weight excluding hydrogens is 399 g/mol. The van der Waals surface area contributed by atoms with Gasteiger partial charge in [0.1, 0.15) is 0 Å². The summed E-state index contributed by atoms with van der Waals surface area (Å²) >= 11 is 0. The van der Waals surface area contributed by atoms with Crippen LogP contribution in [0.3, 0.4) is 0 Å². The predicted molar refractivity (Wildman–Crippen MR) is 136 cm³/mol. The molecule has 3 nitrogen and oxygen atoms in total. The Labute approximate surface area is 194 Å². The van der Waals surface area contributed by atoms with Gasteiger partial charge in [-0.3, -0.25) is 5.09 Å². The number of nitrogens with zero attached hydrogens (tertiary/aromatic N) is 1. The highest BCUT2D eigenvalue weighted by atomic mass is 31.2. The Balaban J connectivity index is 0.00000272. The molecule has 4 aliphatic rings. The molecule has 0 amide bonds. The number of rotatable bonds is 6. The third-order valence-electron chi connectivity index (χ3n) is 10.3. The van der Waals surface area contributed by atoms with E-state index in [0.29, 0.717) is 22.9 Å². The highest BCUT2D eigenvalue weighted by Crippen LogP contribution is 2.66. The lowest BCUT2D eigenvalue weighted by Crippen LogP contribution is -2.60. The average molecular weight is 451 g/mol. The second-order valence-corrected chi connectivity index (χ2v) is 13.4. The van der Waals surface area contributed by atoms with Crippen molar-refractivity contribution >= 4 is 8.30 Å². The van der Waals surface area contributed by atoms with Crippen molar-refractivity contribution in [2.45, 2.75) is 104 Å². The maximum Gasteiger partial charge on any atom is 0.0947 e. The van der Waals surface area contributed by atoms with Crippen LogP contribution in [0.25, 0.3) is 0 Å². The molecular formula is C27H51N2OP. The van der Waals surface area contributed by atoms with E-state index < -0.39 is 8.30 Å². The molecule has 1 heterocycles. The molecule has 31 heavy (non-hydrogen) atoms. The minimum atomic E-state index is -1.04. The summed E-state index contributed by atoms with van der Waals surface area (Å²) in [7, 11) is 1.34. The maximum atomic E-state index is 10.4. The summed E-state index contributed by atoms with van der Waals surface area (Å²) < 4.78 is 0. The number of nitrogens with one attached hydrogen (secondary N) is 1. The zero-order valence-electron chi connectivity index (χ0n) is 20.3. The van der Waals surface area contributed by atoms with Gasteiger partial charge in [0.15, 0.2) is 0 Å². The topological polar surface area (TPSA) is 35.5 Å². The number of allylic oxidation sites excluding steroid dienone is 1. The van der Waals surface area contributed by atoms with Gasteiger partial charge >= 0.3 is 0 Å². The van der Waals surface area contributed by atoms with Crippen LogP contribution < -0.4 is 5.09 Å². The molecule has 4 rings (SSSR count). The molecule has 9 atom stereocenters. The van der Waals surface area contributed by atoms with E-state index in [4.69, 9.17) is 0 Å². The van der Waals surface area contributed by atoms with Crippen molar-refractivity contribution in [3.8, 4) is 0 Å². The Morgan fingerprint density at radius 1 is 1.16 bits per heavy atom. The van der Waals surface area contributed by atoms with Gasteiger partial charge in [0.05, 0.1) is 8.30 Å². The Bertz CT molecular complexity index is 639.